The number of halogens is 3. The average molecular weight is 409 g/mol. The van der Waals surface area contributed by atoms with Crippen molar-refractivity contribution in [3.8, 4) is 17.2 Å². The largest absolute Gasteiger partial charge is 0.573 e. The Bertz CT molecular complexity index is 968. The van der Waals surface area contributed by atoms with Gasteiger partial charge in [0.15, 0.2) is 0 Å². The molecule has 5 nitrogen and oxygen atoms in total. The van der Waals surface area contributed by atoms with Crippen LogP contribution in [0.25, 0.3) is 10.2 Å². The van der Waals surface area contributed by atoms with E-state index in [1.54, 1.807) is 11.6 Å². The van der Waals surface area contributed by atoms with Gasteiger partial charge in [-0.05, 0) is 24.3 Å². The van der Waals surface area contributed by atoms with Gasteiger partial charge in [0.25, 0.3) is 0 Å². The summed E-state index contributed by atoms with van der Waals surface area (Å²) in [5.74, 6) is -0.0567. The lowest BCUT2D eigenvalue weighted by Crippen LogP contribution is -2.38. The molecule has 0 N–H and O–H groups in total. The number of anilines is 1. The van der Waals surface area contributed by atoms with Crippen molar-refractivity contribution in [2.75, 3.05) is 18.0 Å². The Kier molecular flexibility index (Phi) is 4.92. The lowest BCUT2D eigenvalue weighted by Gasteiger charge is -2.33. The number of fused-ring (bicyclic) bond motifs is 1. The van der Waals surface area contributed by atoms with Crippen LogP contribution in [0.1, 0.15) is 12.8 Å². The van der Waals surface area contributed by atoms with Crippen molar-refractivity contribution in [2.45, 2.75) is 25.3 Å². The molecule has 0 bridgehead atoms. The highest BCUT2D eigenvalue weighted by atomic mass is 32.1. The van der Waals surface area contributed by atoms with Crippen LogP contribution in [-0.4, -0.2) is 30.5 Å². The van der Waals surface area contributed by atoms with Crippen molar-refractivity contribution in [3.63, 3.8) is 0 Å². The SMILES string of the molecule is [O]c1c(N2CCC(Oc3cccc(OC(F)(F)F)c3)CC2)ccc2scnc12. The smallest absolute Gasteiger partial charge is 0.490 e. The van der Waals surface area contributed by atoms with Crippen LogP contribution in [0.4, 0.5) is 18.9 Å². The first-order valence-electron chi connectivity index (χ1n) is 8.70. The molecule has 1 aliphatic heterocycles. The first-order chi connectivity index (χ1) is 13.4. The van der Waals surface area contributed by atoms with Crippen molar-refractivity contribution in [2.24, 2.45) is 0 Å². The Morgan fingerprint density at radius 3 is 2.61 bits per heavy atom. The molecule has 0 unspecified atom stereocenters. The minimum Gasteiger partial charge on any atom is -0.490 e. The Labute approximate surface area is 162 Å². The van der Waals surface area contributed by atoms with Gasteiger partial charge in [-0.2, -0.15) is 0 Å². The molecule has 28 heavy (non-hydrogen) atoms. The van der Waals surface area contributed by atoms with E-state index in [0.29, 0.717) is 42.9 Å². The molecule has 9 heteroatoms. The first-order valence-corrected chi connectivity index (χ1v) is 9.58. The Hall–Kier alpha value is -2.68. The van der Waals surface area contributed by atoms with Crippen LogP contribution in [-0.2, 0) is 5.11 Å². The molecule has 147 valence electrons. The van der Waals surface area contributed by atoms with Crippen LogP contribution in [0.2, 0.25) is 0 Å². The third-order valence-corrected chi connectivity index (χ3v) is 5.35. The molecule has 3 aromatic rings. The number of hydrogen-bond donors (Lipinski definition) is 0. The van der Waals surface area contributed by atoms with Gasteiger partial charge >= 0.3 is 6.36 Å². The minimum absolute atomic E-state index is 0.0740. The Balaban J connectivity index is 1.39. The van der Waals surface area contributed by atoms with Gasteiger partial charge in [0.1, 0.15) is 23.1 Å². The van der Waals surface area contributed by atoms with Gasteiger partial charge in [-0.25, -0.2) is 4.98 Å². The van der Waals surface area contributed by atoms with Gasteiger partial charge in [0.2, 0.25) is 5.75 Å². The number of aromatic nitrogens is 1. The van der Waals surface area contributed by atoms with Gasteiger partial charge in [0.05, 0.1) is 15.9 Å². The number of rotatable bonds is 4. The van der Waals surface area contributed by atoms with Gasteiger partial charge in [0, 0.05) is 32.0 Å². The predicted octanol–water partition coefficient (Wildman–Crippen LogP) is 5.39. The van der Waals surface area contributed by atoms with E-state index in [-0.39, 0.29) is 17.6 Å². The summed E-state index contributed by atoms with van der Waals surface area (Å²) in [7, 11) is 0. The average Bonchev–Trinajstić information content (AvgIpc) is 3.12. The summed E-state index contributed by atoms with van der Waals surface area (Å²) >= 11 is 1.43. The zero-order chi connectivity index (χ0) is 19.7. The van der Waals surface area contributed by atoms with E-state index >= 15 is 0 Å². The van der Waals surface area contributed by atoms with E-state index in [2.05, 4.69) is 9.72 Å². The summed E-state index contributed by atoms with van der Waals surface area (Å²) in [5, 5.41) is 12.6. The molecular weight excluding hydrogens is 393 g/mol. The second-order valence-corrected chi connectivity index (χ2v) is 7.33. The third-order valence-electron chi connectivity index (χ3n) is 4.56. The minimum atomic E-state index is -4.74. The molecule has 1 aliphatic rings. The van der Waals surface area contributed by atoms with E-state index in [1.165, 1.54) is 29.5 Å². The van der Waals surface area contributed by atoms with E-state index in [0.717, 1.165) is 4.70 Å². The summed E-state index contributed by atoms with van der Waals surface area (Å²) in [6, 6.07) is 9.24. The molecule has 0 saturated carbocycles. The quantitative estimate of drug-likeness (QED) is 0.580. The Morgan fingerprint density at radius 1 is 1.11 bits per heavy atom. The fourth-order valence-electron chi connectivity index (χ4n) is 3.30. The third kappa shape index (κ3) is 4.09. The number of piperidine rings is 1. The van der Waals surface area contributed by atoms with E-state index in [9.17, 15) is 18.3 Å². The van der Waals surface area contributed by atoms with E-state index in [1.807, 2.05) is 17.0 Å². The van der Waals surface area contributed by atoms with Gasteiger partial charge < -0.3 is 14.4 Å². The normalized spacial score (nSPS) is 15.8. The van der Waals surface area contributed by atoms with Crippen molar-refractivity contribution in [1.29, 1.82) is 0 Å². The molecule has 0 aliphatic carbocycles. The fourth-order valence-corrected chi connectivity index (χ4v) is 3.97. The number of nitrogens with zero attached hydrogens (tertiary/aromatic N) is 2. The number of alkyl halides is 3. The lowest BCUT2D eigenvalue weighted by molar-refractivity contribution is -0.274. The van der Waals surface area contributed by atoms with Crippen molar-refractivity contribution >= 4 is 27.2 Å². The molecule has 1 fully saturated rings. The van der Waals surface area contributed by atoms with Crippen LogP contribution >= 0.6 is 11.3 Å². The molecule has 1 radical (unpaired) electrons. The maximum atomic E-state index is 12.6. The lowest BCUT2D eigenvalue weighted by atomic mass is 10.1. The maximum Gasteiger partial charge on any atom is 0.573 e. The number of ether oxygens (including phenoxy) is 2. The molecule has 1 aromatic heterocycles. The highest BCUT2D eigenvalue weighted by Gasteiger charge is 2.31. The van der Waals surface area contributed by atoms with E-state index in [4.69, 9.17) is 4.74 Å². The molecule has 0 amide bonds. The van der Waals surface area contributed by atoms with Crippen molar-refractivity contribution in [3.05, 3.63) is 41.9 Å². The van der Waals surface area contributed by atoms with Gasteiger partial charge in [-0.1, -0.05) is 6.07 Å². The zero-order valence-corrected chi connectivity index (χ0v) is 15.4. The van der Waals surface area contributed by atoms with Crippen molar-refractivity contribution in [1.82, 2.24) is 4.98 Å². The standard InChI is InChI=1S/C19H16F3N2O3S/c20-19(21,22)27-14-3-1-2-13(10-14)26-12-6-8-24(9-7-12)15-4-5-16-17(18(15)25)23-11-28-16/h1-5,10-12H,6-9H2. The summed E-state index contributed by atoms with van der Waals surface area (Å²) in [4.78, 5) is 6.14. The van der Waals surface area contributed by atoms with E-state index < -0.39 is 6.36 Å². The molecule has 1 saturated heterocycles. The molecular formula is C19H16F3N2O3S. The summed E-state index contributed by atoms with van der Waals surface area (Å²) in [6.45, 7) is 1.24. The van der Waals surface area contributed by atoms with Crippen molar-refractivity contribution < 1.29 is 27.8 Å². The topological polar surface area (TPSA) is 54.5 Å². The molecule has 4 rings (SSSR count). The molecule has 0 atom stereocenters. The second-order valence-electron chi connectivity index (χ2n) is 6.44. The fraction of sp³-hybridized carbons (Fsp3) is 0.316. The van der Waals surface area contributed by atoms with Gasteiger partial charge in [-0.15, -0.1) is 24.5 Å². The summed E-state index contributed by atoms with van der Waals surface area (Å²) < 4.78 is 47.7. The number of thiazole rings is 1. The van der Waals surface area contributed by atoms with Crippen LogP contribution in [0.3, 0.4) is 0 Å². The maximum absolute atomic E-state index is 12.6. The highest BCUT2D eigenvalue weighted by molar-refractivity contribution is 7.16. The molecule has 2 aromatic carbocycles. The number of benzene rings is 2. The van der Waals surface area contributed by atoms with Crippen LogP contribution in [0.15, 0.2) is 41.9 Å². The second kappa shape index (κ2) is 7.38. The predicted molar refractivity (Wildman–Crippen MR) is 98.7 cm³/mol. The zero-order valence-electron chi connectivity index (χ0n) is 14.6. The van der Waals surface area contributed by atoms with Crippen LogP contribution in [0, 0.1) is 0 Å². The molecule has 0 spiro atoms. The summed E-state index contributed by atoms with van der Waals surface area (Å²) in [5.41, 5.74) is 2.77. The first kappa shape index (κ1) is 18.7. The van der Waals surface area contributed by atoms with Crippen LogP contribution < -0.4 is 14.4 Å². The van der Waals surface area contributed by atoms with Crippen LogP contribution in [0.5, 0.6) is 17.2 Å². The Morgan fingerprint density at radius 2 is 1.86 bits per heavy atom. The highest BCUT2D eigenvalue weighted by Crippen LogP contribution is 2.38. The van der Waals surface area contributed by atoms with Gasteiger partial charge in [-0.3, -0.25) is 5.11 Å². The summed E-state index contributed by atoms with van der Waals surface area (Å²) in [6.07, 6.45) is -3.58. The monoisotopic (exact) mass is 409 g/mol. The molecule has 2 heterocycles. The number of hydrogen-bond acceptors (Lipinski definition) is 5.